The van der Waals surface area contributed by atoms with Crippen molar-refractivity contribution in [1.29, 1.82) is 5.26 Å². The molecular formula is C30H19F3N10O3. The zero-order valence-electron chi connectivity index (χ0n) is 23.5. The number of nitriles is 1. The van der Waals surface area contributed by atoms with Gasteiger partial charge in [0.1, 0.15) is 23.2 Å². The number of ether oxygens (including phenoxy) is 1. The molecule has 0 spiro atoms. The number of nitrogens with one attached hydrogen (secondary N) is 2. The van der Waals surface area contributed by atoms with E-state index in [-0.39, 0.29) is 50.5 Å². The summed E-state index contributed by atoms with van der Waals surface area (Å²) in [6.45, 7) is 0. The Bertz CT molecular complexity index is 2260. The number of para-hydroxylation sites is 4. The van der Waals surface area contributed by atoms with Gasteiger partial charge in [-0.1, -0.05) is 36.4 Å². The number of aromatic amines is 1. The molecule has 0 radical (unpaired) electrons. The third kappa shape index (κ3) is 5.59. The van der Waals surface area contributed by atoms with E-state index < -0.39 is 29.5 Å². The molecule has 0 fully saturated rings. The van der Waals surface area contributed by atoms with E-state index in [1.54, 1.807) is 54.6 Å². The summed E-state index contributed by atoms with van der Waals surface area (Å²) in [7, 11) is 1.41. The van der Waals surface area contributed by atoms with Crippen LogP contribution >= 0.6 is 0 Å². The van der Waals surface area contributed by atoms with Gasteiger partial charge in [-0.3, -0.25) is 9.59 Å². The first-order valence-corrected chi connectivity index (χ1v) is 13.3. The van der Waals surface area contributed by atoms with E-state index in [0.717, 1.165) is 10.9 Å². The molecule has 0 aliphatic rings. The largest absolute Gasteiger partial charge is 0.495 e. The average molecular weight is 625 g/mol. The molecule has 1 amide bonds. The Morgan fingerprint density at radius 3 is 2.39 bits per heavy atom. The van der Waals surface area contributed by atoms with Crippen LogP contribution in [-0.4, -0.2) is 42.7 Å². The summed E-state index contributed by atoms with van der Waals surface area (Å²) in [6, 6.07) is 19.1. The lowest BCUT2D eigenvalue weighted by Crippen LogP contribution is -2.24. The van der Waals surface area contributed by atoms with Gasteiger partial charge >= 0.3 is 6.18 Å². The Hall–Kier alpha value is -6.50. The van der Waals surface area contributed by atoms with Crippen molar-refractivity contribution in [1.82, 2.24) is 29.7 Å². The molecule has 46 heavy (non-hydrogen) atoms. The molecule has 3 aromatic carbocycles. The quantitative estimate of drug-likeness (QED) is 0.221. The number of azo groups is 1. The number of anilines is 1. The highest BCUT2D eigenvalue weighted by atomic mass is 19.4. The van der Waals surface area contributed by atoms with Crippen molar-refractivity contribution in [3.05, 3.63) is 107 Å². The number of H-pyrrole nitrogens is 1. The molecule has 2 N–H and O–H groups in total. The first kappa shape index (κ1) is 29.6. The zero-order valence-corrected chi connectivity index (χ0v) is 23.5. The van der Waals surface area contributed by atoms with Gasteiger partial charge in [-0.05, 0) is 36.4 Å². The van der Waals surface area contributed by atoms with Crippen molar-refractivity contribution in [2.45, 2.75) is 12.2 Å². The van der Waals surface area contributed by atoms with Crippen LogP contribution in [0, 0.1) is 11.3 Å². The van der Waals surface area contributed by atoms with Gasteiger partial charge in [0, 0.05) is 5.39 Å². The van der Waals surface area contributed by atoms with Gasteiger partial charge in [0.15, 0.2) is 11.6 Å². The maximum Gasteiger partial charge on any atom is 0.451 e. The molecule has 1 unspecified atom stereocenters. The minimum Gasteiger partial charge on any atom is -0.495 e. The van der Waals surface area contributed by atoms with Crippen LogP contribution in [0.2, 0.25) is 0 Å². The van der Waals surface area contributed by atoms with Crippen LogP contribution in [0.25, 0.3) is 27.6 Å². The molecule has 0 aliphatic heterocycles. The van der Waals surface area contributed by atoms with E-state index in [0.29, 0.717) is 5.75 Å². The van der Waals surface area contributed by atoms with Crippen LogP contribution in [0.3, 0.4) is 0 Å². The number of aromatic nitrogens is 6. The summed E-state index contributed by atoms with van der Waals surface area (Å²) in [5.74, 6) is -2.78. The van der Waals surface area contributed by atoms with Crippen molar-refractivity contribution >= 4 is 39.2 Å². The van der Waals surface area contributed by atoms with Crippen molar-refractivity contribution in [3.63, 3.8) is 0 Å². The maximum absolute atomic E-state index is 13.8. The predicted octanol–water partition coefficient (Wildman–Crippen LogP) is 5.41. The Morgan fingerprint density at radius 1 is 1.00 bits per heavy atom. The molecule has 3 aromatic heterocycles. The minimum atomic E-state index is -4.90. The van der Waals surface area contributed by atoms with Crippen LogP contribution in [-0.2, 0) is 11.0 Å². The number of hydrogen-bond acceptors (Lipinski definition) is 10. The van der Waals surface area contributed by atoms with E-state index in [9.17, 15) is 28.0 Å². The lowest BCUT2D eigenvalue weighted by Gasteiger charge is -2.14. The number of alkyl halides is 3. The number of halogens is 3. The molecule has 228 valence electrons. The normalized spacial score (nSPS) is 12.3. The summed E-state index contributed by atoms with van der Waals surface area (Å²) in [5.41, 5.74) is -0.247. The van der Waals surface area contributed by atoms with Crippen molar-refractivity contribution in [3.8, 4) is 17.6 Å². The second kappa shape index (κ2) is 11.9. The fraction of sp³-hybridized carbons (Fsp3) is 0.100. The molecule has 0 saturated heterocycles. The van der Waals surface area contributed by atoms with Crippen LogP contribution in [0.4, 0.5) is 24.7 Å². The maximum atomic E-state index is 13.8. The lowest BCUT2D eigenvalue weighted by atomic mass is 10.2. The minimum absolute atomic E-state index is 0.0382. The van der Waals surface area contributed by atoms with Gasteiger partial charge in [0.05, 0.1) is 35.4 Å². The van der Waals surface area contributed by atoms with Gasteiger partial charge in [0.25, 0.3) is 11.5 Å². The van der Waals surface area contributed by atoms with Crippen molar-refractivity contribution in [2.75, 3.05) is 12.4 Å². The molecule has 1 atom stereocenters. The molecule has 0 saturated carbocycles. The Morgan fingerprint density at radius 2 is 1.67 bits per heavy atom. The molecule has 6 rings (SSSR count). The molecule has 16 heteroatoms. The number of carbonyl (C=O) groups excluding carboxylic acids is 1. The Balaban J connectivity index is 1.51. The van der Waals surface area contributed by atoms with E-state index in [4.69, 9.17) is 4.74 Å². The van der Waals surface area contributed by atoms with Gasteiger partial charge in [0.2, 0.25) is 11.9 Å². The highest BCUT2D eigenvalue weighted by Crippen LogP contribution is 2.33. The molecule has 0 bridgehead atoms. The van der Waals surface area contributed by atoms with Crippen LogP contribution in [0.5, 0.6) is 5.75 Å². The standard InChI is InChI=1S/C30H19F3N10O3/c1-46-22-13-7-6-12-21(22)37-28(45)23(24-36-20-11-5-3-9-18(20)27(44)39-24)41-42-25-16(14-34)15-35-43(25)26-17-8-2-4-10-19(17)38-29(40-26)30(31,32)33/h2-13,15,23H,1H3,(H,37,45)(H,36,39,44). The number of fused-ring (bicyclic) bond motifs is 2. The SMILES string of the molecule is COc1ccccc1NC(=O)C(N=Nc1c(C#N)cnn1-c1nc(C(F)(F)F)nc2ccccc12)c1nc2ccccc2c(=O)[nH]1. The number of benzene rings is 3. The topological polar surface area (TPSA) is 176 Å². The van der Waals surface area contributed by atoms with Crippen molar-refractivity contribution in [2.24, 2.45) is 10.2 Å². The van der Waals surface area contributed by atoms with E-state index in [1.165, 1.54) is 25.3 Å². The summed E-state index contributed by atoms with van der Waals surface area (Å²) < 4.78 is 47.5. The second-order valence-corrected chi connectivity index (χ2v) is 9.57. The van der Waals surface area contributed by atoms with Gasteiger partial charge in [-0.25, -0.2) is 15.0 Å². The fourth-order valence-electron chi connectivity index (χ4n) is 4.55. The molecule has 6 aromatic rings. The third-order valence-electron chi connectivity index (χ3n) is 6.67. The fourth-order valence-corrected chi connectivity index (χ4v) is 4.55. The highest BCUT2D eigenvalue weighted by Gasteiger charge is 2.36. The third-order valence-corrected chi connectivity index (χ3v) is 6.67. The molecule has 0 aliphatic carbocycles. The van der Waals surface area contributed by atoms with Gasteiger partial charge in [-0.2, -0.15) is 33.3 Å². The number of carbonyl (C=O) groups is 1. The Kier molecular flexibility index (Phi) is 7.64. The van der Waals surface area contributed by atoms with E-state index in [2.05, 4.69) is 40.6 Å². The second-order valence-electron chi connectivity index (χ2n) is 9.57. The summed E-state index contributed by atoms with van der Waals surface area (Å²) >= 11 is 0. The van der Waals surface area contributed by atoms with Crippen molar-refractivity contribution < 1.29 is 22.7 Å². The zero-order chi connectivity index (χ0) is 32.4. The number of methoxy groups -OCH3 is 1. The van der Waals surface area contributed by atoms with Crippen LogP contribution < -0.4 is 15.6 Å². The van der Waals surface area contributed by atoms with Gasteiger partial charge < -0.3 is 15.0 Å². The van der Waals surface area contributed by atoms with Crippen LogP contribution in [0.1, 0.15) is 23.3 Å². The smallest absolute Gasteiger partial charge is 0.451 e. The first-order chi connectivity index (χ1) is 22.2. The monoisotopic (exact) mass is 624 g/mol. The number of amides is 1. The van der Waals surface area contributed by atoms with E-state index in [1.807, 2.05) is 6.07 Å². The molecule has 13 nitrogen and oxygen atoms in total. The summed E-state index contributed by atoms with van der Waals surface area (Å²) in [5, 5.41) is 25.2. The summed E-state index contributed by atoms with van der Waals surface area (Å²) in [4.78, 5) is 40.9. The van der Waals surface area contributed by atoms with E-state index >= 15 is 0 Å². The average Bonchev–Trinajstić information content (AvgIpc) is 3.47. The number of hydrogen-bond donors (Lipinski definition) is 2. The lowest BCUT2D eigenvalue weighted by molar-refractivity contribution is -0.144. The number of nitrogens with zero attached hydrogens (tertiary/aromatic N) is 8. The number of rotatable bonds is 7. The molecular weight excluding hydrogens is 605 g/mol. The van der Waals surface area contributed by atoms with Crippen LogP contribution in [0.15, 0.2) is 94.0 Å². The first-order valence-electron chi connectivity index (χ1n) is 13.3. The summed E-state index contributed by atoms with van der Waals surface area (Å²) in [6.07, 6.45) is -3.83. The molecule has 3 heterocycles. The van der Waals surface area contributed by atoms with Gasteiger partial charge in [-0.15, -0.1) is 5.11 Å². The Labute approximate surface area is 256 Å². The predicted molar refractivity (Wildman–Crippen MR) is 158 cm³/mol. The highest BCUT2D eigenvalue weighted by molar-refractivity contribution is 5.96.